The molecule has 40 heavy (non-hydrogen) atoms. The molecule has 3 aliphatic rings. The second-order valence-electron chi connectivity index (χ2n) is 11.0. The summed E-state index contributed by atoms with van der Waals surface area (Å²) in [5.41, 5.74) is -1.12. The molecule has 3 aliphatic carbocycles. The molecule has 2 atom stereocenters. The zero-order chi connectivity index (χ0) is 29.9. The third-order valence-corrected chi connectivity index (χ3v) is 7.41. The molecule has 14 nitrogen and oxygen atoms in total. The molecule has 3 saturated carbocycles. The summed E-state index contributed by atoms with van der Waals surface area (Å²) in [7, 11) is 1.09. The van der Waals surface area contributed by atoms with Crippen LogP contribution in [0.2, 0.25) is 0 Å². The molecule has 2 bridgehead atoms. The molecule has 1 heterocycles. The molecule has 4 rings (SSSR count). The van der Waals surface area contributed by atoms with Gasteiger partial charge < -0.3 is 34.9 Å². The minimum absolute atomic E-state index is 0.0592. The molecular formula is C25H34N4O10S. The van der Waals surface area contributed by atoms with Crippen LogP contribution >= 0.6 is 11.3 Å². The van der Waals surface area contributed by atoms with Crippen LogP contribution in [0, 0.1) is 0 Å². The minimum atomic E-state index is -1.39. The first-order valence-corrected chi connectivity index (χ1v) is 13.4. The van der Waals surface area contributed by atoms with Gasteiger partial charge in [0.2, 0.25) is 5.91 Å². The van der Waals surface area contributed by atoms with Crippen molar-refractivity contribution in [2.75, 3.05) is 20.3 Å². The fourth-order valence-corrected chi connectivity index (χ4v) is 5.69. The van der Waals surface area contributed by atoms with Gasteiger partial charge in [-0.15, -0.1) is 11.3 Å². The lowest BCUT2D eigenvalue weighted by Crippen LogP contribution is -2.76. The molecule has 1 aromatic heterocycles. The van der Waals surface area contributed by atoms with Gasteiger partial charge >= 0.3 is 24.0 Å². The number of methoxy groups -OCH3 is 1. The number of hydrogen-bond acceptors (Lipinski definition) is 12. The maximum atomic E-state index is 13.0. The van der Waals surface area contributed by atoms with Gasteiger partial charge in [-0.3, -0.25) is 19.2 Å². The summed E-state index contributed by atoms with van der Waals surface area (Å²) < 4.78 is 19.7. The highest BCUT2D eigenvalue weighted by Crippen LogP contribution is 2.68. The van der Waals surface area contributed by atoms with E-state index in [2.05, 4.69) is 25.7 Å². The Hall–Kier alpha value is -3.75. The number of nitrogens with zero attached hydrogens (tertiary/aromatic N) is 1. The molecule has 0 aromatic carbocycles. The fourth-order valence-electron chi connectivity index (χ4n) is 4.69. The number of carbonyl (C=O) groups excluding carboxylic acids is 6. The van der Waals surface area contributed by atoms with Crippen LogP contribution in [0.15, 0.2) is 5.38 Å². The summed E-state index contributed by atoms with van der Waals surface area (Å²) in [5, 5.41) is 10.0. The number of thiazole rings is 1. The Kier molecular flexibility index (Phi) is 9.07. The standard InChI is InChI=1S/C25H34N4O10S/c1-13(30)37-7-15(18(32)27-16(20(34)36-6)8-38-14(2)31)26-19(33)17-9-40-21(28-17)24-10-25(11-24,12-24)29-22(35)39-23(3,4)5/h9,15-16H,7-8,10-12H2,1-6H3,(H,26,33)(H,27,32)(H,29,35). The van der Waals surface area contributed by atoms with Crippen LogP contribution in [0.25, 0.3) is 0 Å². The Morgan fingerprint density at radius 2 is 1.55 bits per heavy atom. The SMILES string of the molecule is COC(=O)C(COC(C)=O)NC(=O)C(COC(C)=O)NC(=O)c1csc(C23CC(NC(=O)OC(C)(C)C)(C2)C3)n1. The van der Waals surface area contributed by atoms with Gasteiger partial charge in [0, 0.05) is 30.2 Å². The first-order chi connectivity index (χ1) is 18.6. The average Bonchev–Trinajstić information content (AvgIpc) is 3.28. The summed E-state index contributed by atoms with van der Waals surface area (Å²) in [6, 6.07) is -2.74. The van der Waals surface area contributed by atoms with Crippen LogP contribution in [-0.4, -0.2) is 84.3 Å². The van der Waals surface area contributed by atoms with Gasteiger partial charge in [-0.1, -0.05) is 0 Å². The monoisotopic (exact) mass is 582 g/mol. The Bertz CT molecular complexity index is 1170. The first kappa shape index (κ1) is 30.8. The summed E-state index contributed by atoms with van der Waals surface area (Å²) in [6.07, 6.45) is 1.53. The van der Waals surface area contributed by atoms with Crippen LogP contribution in [0.3, 0.4) is 0 Å². The smallest absolute Gasteiger partial charge is 0.408 e. The molecule has 220 valence electrons. The van der Waals surface area contributed by atoms with Crippen molar-refractivity contribution in [1.82, 2.24) is 20.9 Å². The molecule has 3 amide bonds. The molecule has 1 aromatic rings. The normalized spacial score (nSPS) is 22.2. The van der Waals surface area contributed by atoms with Crippen molar-refractivity contribution in [3.8, 4) is 0 Å². The minimum Gasteiger partial charge on any atom is -0.467 e. The Balaban J connectivity index is 1.62. The molecule has 2 unspecified atom stereocenters. The van der Waals surface area contributed by atoms with Crippen LogP contribution in [0.1, 0.15) is 69.4 Å². The molecule has 3 fully saturated rings. The first-order valence-electron chi connectivity index (χ1n) is 12.5. The number of ether oxygens (including phenoxy) is 4. The van der Waals surface area contributed by atoms with Crippen LogP contribution in [-0.2, 0) is 43.5 Å². The predicted molar refractivity (Wildman–Crippen MR) is 138 cm³/mol. The van der Waals surface area contributed by atoms with E-state index in [9.17, 15) is 28.8 Å². The van der Waals surface area contributed by atoms with Crippen molar-refractivity contribution in [3.05, 3.63) is 16.1 Å². The van der Waals surface area contributed by atoms with Gasteiger partial charge in [0.05, 0.1) is 12.1 Å². The third-order valence-electron chi connectivity index (χ3n) is 6.32. The van der Waals surface area contributed by atoms with Gasteiger partial charge in [-0.2, -0.15) is 0 Å². The maximum absolute atomic E-state index is 13.0. The van der Waals surface area contributed by atoms with Crippen molar-refractivity contribution in [1.29, 1.82) is 0 Å². The van der Waals surface area contributed by atoms with Crippen molar-refractivity contribution >= 4 is 47.2 Å². The van der Waals surface area contributed by atoms with Crippen LogP contribution in [0.5, 0.6) is 0 Å². The molecule has 0 saturated heterocycles. The number of alkyl carbamates (subject to hydrolysis) is 1. The predicted octanol–water partition coefficient (Wildman–Crippen LogP) is 0.724. The van der Waals surface area contributed by atoms with E-state index >= 15 is 0 Å². The van der Waals surface area contributed by atoms with Gasteiger partial charge in [0.25, 0.3) is 5.91 Å². The zero-order valence-electron chi connectivity index (χ0n) is 23.2. The van der Waals surface area contributed by atoms with E-state index in [1.807, 2.05) is 0 Å². The van der Waals surface area contributed by atoms with E-state index in [1.165, 1.54) is 11.3 Å². The maximum Gasteiger partial charge on any atom is 0.408 e. The fraction of sp³-hybridized carbons (Fsp3) is 0.640. The number of hydrogen-bond donors (Lipinski definition) is 3. The Morgan fingerprint density at radius 3 is 2.08 bits per heavy atom. The quantitative estimate of drug-likeness (QED) is 0.246. The largest absolute Gasteiger partial charge is 0.467 e. The second-order valence-corrected chi connectivity index (χ2v) is 11.8. The van der Waals surface area contributed by atoms with Crippen LogP contribution < -0.4 is 16.0 Å². The zero-order valence-corrected chi connectivity index (χ0v) is 24.0. The second kappa shape index (κ2) is 11.8. The molecule has 15 heteroatoms. The van der Waals surface area contributed by atoms with E-state index in [0.29, 0.717) is 19.3 Å². The van der Waals surface area contributed by atoms with Gasteiger partial charge in [-0.05, 0) is 40.0 Å². The molecular weight excluding hydrogens is 548 g/mol. The highest BCUT2D eigenvalue weighted by Gasteiger charge is 2.70. The van der Waals surface area contributed by atoms with Crippen molar-refractivity contribution < 1.29 is 47.7 Å². The van der Waals surface area contributed by atoms with E-state index in [-0.39, 0.29) is 16.6 Å². The van der Waals surface area contributed by atoms with E-state index in [1.54, 1.807) is 26.2 Å². The molecule has 0 aliphatic heterocycles. The Labute approximate surface area is 234 Å². The summed E-state index contributed by atoms with van der Waals surface area (Å²) in [4.78, 5) is 77.0. The van der Waals surface area contributed by atoms with Crippen LogP contribution in [0.4, 0.5) is 4.79 Å². The van der Waals surface area contributed by atoms with Crippen molar-refractivity contribution in [2.24, 2.45) is 0 Å². The van der Waals surface area contributed by atoms with E-state index < -0.39 is 66.7 Å². The number of nitrogens with one attached hydrogen (secondary N) is 3. The number of aromatic nitrogens is 1. The lowest BCUT2D eigenvalue weighted by atomic mass is 9.39. The van der Waals surface area contributed by atoms with Crippen molar-refractivity contribution in [2.45, 2.75) is 82.5 Å². The summed E-state index contributed by atoms with van der Waals surface area (Å²) in [6.45, 7) is 6.62. The molecule has 0 radical (unpaired) electrons. The number of rotatable bonds is 11. The van der Waals surface area contributed by atoms with Gasteiger partial charge in [0.1, 0.15) is 30.6 Å². The molecule has 3 N–H and O–H groups in total. The van der Waals surface area contributed by atoms with Gasteiger partial charge in [-0.25, -0.2) is 14.6 Å². The van der Waals surface area contributed by atoms with Crippen molar-refractivity contribution in [3.63, 3.8) is 0 Å². The highest BCUT2D eigenvalue weighted by molar-refractivity contribution is 7.10. The third kappa shape index (κ3) is 7.46. The molecule has 0 spiro atoms. The topological polar surface area (TPSA) is 188 Å². The highest BCUT2D eigenvalue weighted by atomic mass is 32.1. The average molecular weight is 583 g/mol. The lowest BCUT2D eigenvalue weighted by molar-refractivity contribution is -0.152. The summed E-state index contributed by atoms with van der Waals surface area (Å²) >= 11 is 1.30. The van der Waals surface area contributed by atoms with Gasteiger partial charge in [0.15, 0.2) is 6.04 Å². The number of esters is 3. The number of amides is 3. The number of carbonyl (C=O) groups is 6. The summed E-state index contributed by atoms with van der Waals surface area (Å²) in [5.74, 6) is -3.82. The lowest BCUT2D eigenvalue weighted by Gasteiger charge is -2.69. The Morgan fingerprint density at radius 1 is 0.975 bits per heavy atom. The van der Waals surface area contributed by atoms with E-state index in [4.69, 9.17) is 14.2 Å². The van der Waals surface area contributed by atoms with E-state index in [0.717, 1.165) is 26.0 Å².